The van der Waals surface area contributed by atoms with Gasteiger partial charge in [0.15, 0.2) is 0 Å². The largest absolute Gasteiger partial charge is 0.508 e. The molecule has 0 fully saturated rings. The summed E-state index contributed by atoms with van der Waals surface area (Å²) in [5.74, 6) is 0.323. The Hall–Kier alpha value is -3.44. The Morgan fingerprint density at radius 2 is 1.70 bits per heavy atom. The van der Waals surface area contributed by atoms with E-state index in [0.717, 1.165) is 51.7 Å². The fraction of sp³-hybridized carbons (Fsp3) is 0.143. The highest BCUT2D eigenvalue weighted by Crippen LogP contribution is 2.42. The average Bonchev–Trinajstić information content (AvgIpc) is 2.83. The van der Waals surface area contributed by atoms with Gasteiger partial charge in [0, 0.05) is 10.5 Å². The predicted molar refractivity (Wildman–Crippen MR) is 138 cm³/mol. The van der Waals surface area contributed by atoms with E-state index in [4.69, 9.17) is 5.11 Å². The number of hydrogen-bond acceptors (Lipinski definition) is 3. The van der Waals surface area contributed by atoms with Crippen molar-refractivity contribution < 1.29 is 10.0 Å². The standard InChI is InChI=1S/C18H14BrNO2.C10H8O/c19-12-9-17-15-6-5-11-3-1-2-4-13(11)14(15)7-8-16(17)18(10-12)20(21)22;11-10-6-5-8-3-1-2-4-9(8)7-10/h2,4,7-10H,1,3,5-6H2;1-7,11H. The molecule has 0 atom stereocenters. The summed E-state index contributed by atoms with van der Waals surface area (Å²) in [4.78, 5) is 11.0. The van der Waals surface area contributed by atoms with Gasteiger partial charge in [-0.15, -0.1) is 0 Å². The lowest BCUT2D eigenvalue weighted by atomic mass is 9.79. The first-order chi connectivity index (χ1) is 16.0. The Kier molecular flexibility index (Phi) is 5.73. The molecule has 0 aromatic heterocycles. The summed E-state index contributed by atoms with van der Waals surface area (Å²) < 4.78 is 0.763. The number of phenolic OH excluding ortho intramolecular Hbond substituents is 1. The molecular weight excluding hydrogens is 478 g/mol. The van der Waals surface area contributed by atoms with E-state index in [1.165, 1.54) is 22.3 Å². The Labute approximate surface area is 200 Å². The third kappa shape index (κ3) is 4.16. The molecule has 0 radical (unpaired) electrons. The monoisotopic (exact) mass is 499 g/mol. The molecule has 0 aliphatic heterocycles. The van der Waals surface area contributed by atoms with Crippen LogP contribution in [0.5, 0.6) is 5.75 Å². The van der Waals surface area contributed by atoms with Crippen LogP contribution in [0.25, 0.3) is 27.1 Å². The van der Waals surface area contributed by atoms with Crippen LogP contribution in [0, 0.1) is 10.1 Å². The minimum atomic E-state index is -0.298. The predicted octanol–water partition coefficient (Wildman–Crippen LogP) is 8.11. The van der Waals surface area contributed by atoms with Crippen molar-refractivity contribution in [2.45, 2.75) is 25.7 Å². The zero-order valence-electron chi connectivity index (χ0n) is 17.9. The smallest absolute Gasteiger partial charge is 0.278 e. The zero-order valence-corrected chi connectivity index (χ0v) is 19.5. The lowest BCUT2D eigenvalue weighted by Gasteiger charge is -2.25. The fourth-order valence-corrected chi connectivity index (χ4v) is 5.26. The molecule has 0 saturated carbocycles. The van der Waals surface area contributed by atoms with Gasteiger partial charge in [-0.05, 0) is 82.8 Å². The highest BCUT2D eigenvalue weighted by molar-refractivity contribution is 9.10. The molecule has 164 valence electrons. The average molecular weight is 500 g/mol. The third-order valence-electron chi connectivity index (χ3n) is 6.36. The van der Waals surface area contributed by atoms with E-state index < -0.39 is 0 Å². The molecule has 0 amide bonds. The Morgan fingerprint density at radius 1 is 0.879 bits per heavy atom. The van der Waals surface area contributed by atoms with E-state index in [1.54, 1.807) is 18.2 Å². The fourth-order valence-electron chi connectivity index (χ4n) is 4.82. The van der Waals surface area contributed by atoms with Crippen molar-refractivity contribution in [1.29, 1.82) is 0 Å². The van der Waals surface area contributed by atoms with Crippen molar-refractivity contribution >= 4 is 48.7 Å². The van der Waals surface area contributed by atoms with Crippen molar-refractivity contribution in [3.63, 3.8) is 0 Å². The quantitative estimate of drug-likeness (QED) is 0.212. The maximum atomic E-state index is 11.3. The number of aryl methyl sites for hydroxylation is 1. The van der Waals surface area contributed by atoms with Gasteiger partial charge in [-0.25, -0.2) is 0 Å². The zero-order chi connectivity index (χ0) is 22.9. The molecule has 0 saturated heterocycles. The van der Waals surface area contributed by atoms with E-state index >= 15 is 0 Å². The summed E-state index contributed by atoms with van der Waals surface area (Å²) >= 11 is 3.42. The molecule has 6 rings (SSSR count). The first-order valence-electron chi connectivity index (χ1n) is 11.0. The van der Waals surface area contributed by atoms with Crippen LogP contribution in [0.1, 0.15) is 30.4 Å². The molecule has 2 aliphatic carbocycles. The topological polar surface area (TPSA) is 63.4 Å². The highest BCUT2D eigenvalue weighted by atomic mass is 79.9. The second-order valence-electron chi connectivity index (χ2n) is 8.36. The molecule has 0 heterocycles. The highest BCUT2D eigenvalue weighted by Gasteiger charge is 2.23. The molecule has 4 nitrogen and oxygen atoms in total. The maximum absolute atomic E-state index is 11.3. The number of allylic oxidation sites excluding steroid dienone is 4. The van der Waals surface area contributed by atoms with Gasteiger partial charge in [0.1, 0.15) is 5.75 Å². The molecule has 0 bridgehead atoms. The van der Waals surface area contributed by atoms with Crippen LogP contribution in [-0.2, 0) is 6.42 Å². The van der Waals surface area contributed by atoms with Crippen molar-refractivity contribution in [2.24, 2.45) is 0 Å². The number of nitrogens with zero attached hydrogens (tertiary/aromatic N) is 1. The number of phenols is 1. The van der Waals surface area contributed by atoms with Gasteiger partial charge in [0.05, 0.1) is 10.3 Å². The van der Waals surface area contributed by atoms with Crippen molar-refractivity contribution in [3.8, 4) is 5.75 Å². The second kappa shape index (κ2) is 8.83. The second-order valence-corrected chi connectivity index (χ2v) is 9.27. The first kappa shape index (κ1) is 21.4. The Morgan fingerprint density at radius 3 is 2.52 bits per heavy atom. The molecule has 2 aliphatic rings. The lowest BCUT2D eigenvalue weighted by Crippen LogP contribution is -2.07. The Balaban J connectivity index is 0.000000174. The van der Waals surface area contributed by atoms with E-state index in [9.17, 15) is 10.1 Å². The first-order valence-corrected chi connectivity index (χ1v) is 11.8. The molecule has 0 unspecified atom stereocenters. The number of aromatic hydroxyl groups is 1. The number of rotatable bonds is 1. The number of hydrogen-bond donors (Lipinski definition) is 1. The van der Waals surface area contributed by atoms with Gasteiger partial charge in [0.25, 0.3) is 5.69 Å². The number of benzene rings is 4. The summed E-state index contributed by atoms with van der Waals surface area (Å²) in [6, 6.07) is 20.9. The number of fused-ring (bicyclic) bond motifs is 5. The van der Waals surface area contributed by atoms with Crippen LogP contribution in [0.4, 0.5) is 5.69 Å². The molecule has 4 aromatic carbocycles. The molecule has 5 heteroatoms. The number of halogens is 1. The third-order valence-corrected chi connectivity index (χ3v) is 6.82. The van der Waals surface area contributed by atoms with Gasteiger partial charge in [-0.3, -0.25) is 10.1 Å². The van der Waals surface area contributed by atoms with Crippen LogP contribution >= 0.6 is 15.9 Å². The summed E-state index contributed by atoms with van der Waals surface area (Å²) in [6.45, 7) is 0. The van der Waals surface area contributed by atoms with Crippen LogP contribution in [0.3, 0.4) is 0 Å². The van der Waals surface area contributed by atoms with Gasteiger partial charge in [0.2, 0.25) is 0 Å². The molecule has 1 N–H and O–H groups in total. The molecule has 33 heavy (non-hydrogen) atoms. The van der Waals surface area contributed by atoms with Crippen molar-refractivity contribution in [3.05, 3.63) is 110 Å². The van der Waals surface area contributed by atoms with E-state index in [2.05, 4.69) is 34.1 Å². The molecule has 0 spiro atoms. The summed E-state index contributed by atoms with van der Waals surface area (Å²) in [5.41, 5.74) is 5.52. The summed E-state index contributed by atoms with van der Waals surface area (Å²) in [5, 5.41) is 24.4. The van der Waals surface area contributed by atoms with Gasteiger partial charge >= 0.3 is 0 Å². The number of nitro groups is 1. The minimum Gasteiger partial charge on any atom is -0.508 e. The summed E-state index contributed by atoms with van der Waals surface area (Å²) in [6.07, 6.45) is 8.73. The van der Waals surface area contributed by atoms with E-state index in [-0.39, 0.29) is 10.6 Å². The van der Waals surface area contributed by atoms with Gasteiger partial charge in [-0.2, -0.15) is 0 Å². The summed E-state index contributed by atoms with van der Waals surface area (Å²) in [7, 11) is 0. The molecular formula is C28H22BrNO3. The van der Waals surface area contributed by atoms with Crippen LogP contribution in [-0.4, -0.2) is 10.0 Å². The van der Waals surface area contributed by atoms with Crippen molar-refractivity contribution in [1.82, 2.24) is 0 Å². The lowest BCUT2D eigenvalue weighted by molar-refractivity contribution is -0.383. The van der Waals surface area contributed by atoms with Gasteiger partial charge < -0.3 is 5.11 Å². The Bertz CT molecular complexity index is 1470. The van der Waals surface area contributed by atoms with E-state index in [1.807, 2.05) is 42.5 Å². The minimum absolute atomic E-state index is 0.172. The number of nitro benzene ring substituents is 1. The van der Waals surface area contributed by atoms with Gasteiger partial charge in [-0.1, -0.05) is 70.1 Å². The van der Waals surface area contributed by atoms with Crippen molar-refractivity contribution in [2.75, 3.05) is 0 Å². The SMILES string of the molecule is O=[N+]([O-])c1cc(Br)cc2c3c(ccc12)C1=C(CCC=C1)CC3.Oc1ccc2ccccc2c1. The maximum Gasteiger partial charge on any atom is 0.278 e. The normalized spacial score (nSPS) is 14.5. The molecule has 4 aromatic rings. The van der Waals surface area contributed by atoms with Crippen LogP contribution in [0.15, 0.2) is 88.9 Å². The van der Waals surface area contributed by atoms with Crippen LogP contribution < -0.4 is 0 Å². The van der Waals surface area contributed by atoms with E-state index in [0.29, 0.717) is 5.75 Å². The number of non-ortho nitro benzene ring substituents is 1. The van der Waals surface area contributed by atoms with Crippen LogP contribution in [0.2, 0.25) is 0 Å².